The Balaban J connectivity index is 1.50. The molecule has 0 fully saturated rings. The van der Waals surface area contributed by atoms with Crippen molar-refractivity contribution in [2.75, 3.05) is 6.54 Å². The van der Waals surface area contributed by atoms with Gasteiger partial charge in [0, 0.05) is 38.4 Å². The highest BCUT2D eigenvalue weighted by molar-refractivity contribution is 5.92. The summed E-state index contributed by atoms with van der Waals surface area (Å²) in [7, 11) is 0. The molecule has 7 nitrogen and oxygen atoms in total. The average Bonchev–Trinajstić information content (AvgIpc) is 3.14. The summed E-state index contributed by atoms with van der Waals surface area (Å²) in [5.41, 5.74) is 1.15. The molecule has 1 aromatic rings. The summed E-state index contributed by atoms with van der Waals surface area (Å²) >= 11 is 0. The number of rotatable bonds is 6. The maximum Gasteiger partial charge on any atom is 0.271 e. The Morgan fingerprint density at radius 2 is 2.41 bits per heavy atom. The van der Waals surface area contributed by atoms with Crippen molar-refractivity contribution >= 4 is 5.91 Å². The van der Waals surface area contributed by atoms with E-state index in [-0.39, 0.29) is 11.6 Å². The van der Waals surface area contributed by atoms with Crippen LogP contribution in [0.1, 0.15) is 42.4 Å². The topological polar surface area (TPSA) is 83.7 Å². The van der Waals surface area contributed by atoms with E-state index in [0.717, 1.165) is 25.2 Å². The molecule has 0 radical (unpaired) electrons. The van der Waals surface area contributed by atoms with Crippen molar-refractivity contribution in [2.24, 2.45) is 10.2 Å². The lowest BCUT2D eigenvalue weighted by Crippen LogP contribution is -2.36. The van der Waals surface area contributed by atoms with Gasteiger partial charge in [0.05, 0.1) is 12.2 Å². The molecule has 0 bridgehead atoms. The molecule has 0 spiro atoms. The zero-order valence-corrected chi connectivity index (χ0v) is 12.7. The summed E-state index contributed by atoms with van der Waals surface area (Å²) in [6, 6.07) is 2.21. The molecule has 2 N–H and O–H groups in total. The van der Waals surface area contributed by atoms with Crippen molar-refractivity contribution in [3.8, 4) is 12.3 Å². The molecule has 0 saturated heterocycles. The van der Waals surface area contributed by atoms with Gasteiger partial charge in [-0.05, 0) is 13.0 Å². The number of hydrogen-bond donors (Lipinski definition) is 2. The molecule has 0 saturated carbocycles. The molecule has 3 rings (SSSR count). The smallest absolute Gasteiger partial charge is 0.271 e. The van der Waals surface area contributed by atoms with Crippen molar-refractivity contribution in [3.63, 3.8) is 0 Å². The van der Waals surface area contributed by atoms with Gasteiger partial charge in [0.25, 0.3) is 5.91 Å². The summed E-state index contributed by atoms with van der Waals surface area (Å²) < 4.78 is 1.90. The Morgan fingerprint density at radius 3 is 3.14 bits per heavy atom. The van der Waals surface area contributed by atoms with Crippen LogP contribution in [-0.2, 0) is 13.1 Å². The largest absolute Gasteiger partial charge is 0.350 e. The first-order valence-corrected chi connectivity index (χ1v) is 7.58. The maximum atomic E-state index is 12.2. The maximum absolute atomic E-state index is 12.2. The van der Waals surface area contributed by atoms with Crippen LogP contribution < -0.4 is 10.6 Å². The number of terminal acetylenes is 1. The van der Waals surface area contributed by atoms with Crippen LogP contribution in [0.25, 0.3) is 0 Å². The van der Waals surface area contributed by atoms with Gasteiger partial charge in [0.2, 0.25) is 0 Å². The number of nitrogens with one attached hydrogen (secondary N) is 2. The molecule has 2 aliphatic rings. The van der Waals surface area contributed by atoms with E-state index < -0.39 is 0 Å². The SMILES string of the molecule is C#CCCC1(CCNC(=O)c2cc3n(n2)CC(C)NC3)N=N1. The minimum absolute atomic E-state index is 0.151. The lowest BCUT2D eigenvalue weighted by atomic mass is 10.0. The van der Waals surface area contributed by atoms with Crippen LogP contribution in [0.4, 0.5) is 0 Å². The first-order chi connectivity index (χ1) is 10.6. The van der Waals surface area contributed by atoms with Gasteiger partial charge in [0.1, 0.15) is 5.69 Å². The first-order valence-electron chi connectivity index (χ1n) is 7.58. The molecule has 0 aliphatic carbocycles. The third-order valence-electron chi connectivity index (χ3n) is 4.04. The number of nitrogens with zero attached hydrogens (tertiary/aromatic N) is 4. The van der Waals surface area contributed by atoms with Crippen LogP contribution in [0.15, 0.2) is 16.3 Å². The number of fused-ring (bicyclic) bond motifs is 1. The second-order valence-electron chi connectivity index (χ2n) is 5.88. The summed E-state index contributed by atoms with van der Waals surface area (Å²) in [4.78, 5) is 12.2. The van der Waals surface area contributed by atoms with E-state index >= 15 is 0 Å². The van der Waals surface area contributed by atoms with Crippen LogP contribution in [-0.4, -0.2) is 33.9 Å². The Labute approximate surface area is 129 Å². The van der Waals surface area contributed by atoms with Crippen molar-refractivity contribution in [1.29, 1.82) is 0 Å². The fourth-order valence-corrected chi connectivity index (χ4v) is 2.60. The summed E-state index contributed by atoms with van der Waals surface area (Å²) in [5, 5.41) is 18.7. The highest BCUT2D eigenvalue weighted by Gasteiger charge is 2.38. The van der Waals surface area contributed by atoms with E-state index in [1.165, 1.54) is 0 Å². The number of amides is 1. The van der Waals surface area contributed by atoms with E-state index in [4.69, 9.17) is 6.42 Å². The number of carbonyl (C=O) groups excluding carboxylic acids is 1. The zero-order valence-electron chi connectivity index (χ0n) is 12.7. The van der Waals surface area contributed by atoms with Crippen molar-refractivity contribution < 1.29 is 4.79 Å². The van der Waals surface area contributed by atoms with Gasteiger partial charge < -0.3 is 10.6 Å². The van der Waals surface area contributed by atoms with Crippen LogP contribution in [0.5, 0.6) is 0 Å². The predicted octanol–water partition coefficient (Wildman–Crippen LogP) is 1.07. The lowest BCUT2D eigenvalue weighted by Gasteiger charge is -2.21. The Kier molecular flexibility index (Phi) is 3.94. The third-order valence-corrected chi connectivity index (χ3v) is 4.04. The van der Waals surface area contributed by atoms with Gasteiger partial charge in [-0.2, -0.15) is 15.3 Å². The highest BCUT2D eigenvalue weighted by Crippen LogP contribution is 2.36. The fourth-order valence-electron chi connectivity index (χ4n) is 2.60. The van der Waals surface area contributed by atoms with Gasteiger partial charge in [-0.15, -0.1) is 12.3 Å². The Hall–Kier alpha value is -2.20. The molecule has 1 unspecified atom stereocenters. The molecular weight excluding hydrogens is 280 g/mol. The van der Waals surface area contributed by atoms with E-state index in [1.54, 1.807) is 0 Å². The van der Waals surface area contributed by atoms with Crippen molar-refractivity contribution in [2.45, 2.75) is 51.0 Å². The third kappa shape index (κ3) is 3.17. The quantitative estimate of drug-likeness (QED) is 0.771. The van der Waals surface area contributed by atoms with Crippen LogP contribution >= 0.6 is 0 Å². The Morgan fingerprint density at radius 1 is 1.59 bits per heavy atom. The minimum atomic E-state index is -0.355. The summed E-state index contributed by atoms with van der Waals surface area (Å²) in [5.74, 6) is 2.44. The zero-order chi connectivity index (χ0) is 15.6. The summed E-state index contributed by atoms with van der Waals surface area (Å²) in [6.45, 7) is 4.15. The number of hydrogen-bond acceptors (Lipinski definition) is 5. The molecule has 7 heteroatoms. The van der Waals surface area contributed by atoms with Gasteiger partial charge in [-0.3, -0.25) is 9.48 Å². The molecule has 1 amide bonds. The van der Waals surface area contributed by atoms with Crippen LogP contribution in [0, 0.1) is 12.3 Å². The van der Waals surface area contributed by atoms with Gasteiger partial charge in [-0.1, -0.05) is 0 Å². The molecule has 0 aromatic carbocycles. The molecule has 1 atom stereocenters. The molecule has 2 aliphatic heterocycles. The second-order valence-corrected chi connectivity index (χ2v) is 5.88. The minimum Gasteiger partial charge on any atom is -0.350 e. The van der Waals surface area contributed by atoms with E-state index in [0.29, 0.717) is 31.1 Å². The fraction of sp³-hybridized carbons (Fsp3) is 0.600. The molecule has 116 valence electrons. The second kappa shape index (κ2) is 5.89. The van der Waals surface area contributed by atoms with E-state index in [1.807, 2.05) is 10.7 Å². The van der Waals surface area contributed by atoms with Crippen molar-refractivity contribution in [3.05, 3.63) is 17.5 Å². The normalized spacial score (nSPS) is 21.0. The summed E-state index contributed by atoms with van der Waals surface area (Å²) in [6.07, 6.45) is 7.35. The van der Waals surface area contributed by atoms with E-state index in [2.05, 4.69) is 38.8 Å². The standard InChI is InChI=1S/C15H20N6O/c1-3-4-5-15(19-20-15)6-7-16-14(22)13-8-12-9-17-11(2)10-21(12)18-13/h1,8,11,17H,4-7,9-10H2,2H3,(H,16,22). The molecular formula is C15H20N6O. The van der Waals surface area contributed by atoms with Gasteiger partial charge >= 0.3 is 0 Å². The Bertz CT molecular complexity index is 635. The highest BCUT2D eigenvalue weighted by atomic mass is 16.1. The molecule has 3 heterocycles. The lowest BCUT2D eigenvalue weighted by molar-refractivity contribution is 0.0946. The molecule has 1 aromatic heterocycles. The van der Waals surface area contributed by atoms with Gasteiger partial charge in [-0.25, -0.2) is 0 Å². The van der Waals surface area contributed by atoms with Crippen molar-refractivity contribution in [1.82, 2.24) is 20.4 Å². The number of aromatic nitrogens is 2. The van der Waals surface area contributed by atoms with Gasteiger partial charge in [0.15, 0.2) is 5.66 Å². The molecule has 22 heavy (non-hydrogen) atoms. The van der Waals surface area contributed by atoms with Crippen LogP contribution in [0.2, 0.25) is 0 Å². The number of carbonyl (C=O) groups is 1. The van der Waals surface area contributed by atoms with Crippen LogP contribution in [0.3, 0.4) is 0 Å². The average molecular weight is 300 g/mol. The predicted molar refractivity (Wildman–Crippen MR) is 81.1 cm³/mol. The van der Waals surface area contributed by atoms with E-state index in [9.17, 15) is 4.79 Å². The first kappa shape index (κ1) is 14.7. The monoisotopic (exact) mass is 300 g/mol.